The first-order chi connectivity index (χ1) is 21.8. The average molecular weight is 700 g/mol. The van der Waals surface area contributed by atoms with Crippen molar-refractivity contribution in [1.82, 2.24) is 24.9 Å². The van der Waals surface area contributed by atoms with Crippen molar-refractivity contribution in [2.24, 2.45) is 5.92 Å². The number of likely N-dealkylation sites (tertiary alicyclic amines) is 2. The van der Waals surface area contributed by atoms with Crippen molar-refractivity contribution >= 4 is 51.1 Å². The Bertz CT molecular complexity index is 1380. The fourth-order valence-electron chi connectivity index (χ4n) is 7.49. The number of benzene rings is 2. The van der Waals surface area contributed by atoms with Crippen molar-refractivity contribution in [1.29, 1.82) is 0 Å². The summed E-state index contributed by atoms with van der Waals surface area (Å²) in [5.74, 6) is -0.354. The Labute approximate surface area is 279 Å². The number of hydrogen-bond acceptors (Lipinski definition) is 5. The first kappa shape index (κ1) is 32.3. The van der Waals surface area contributed by atoms with E-state index in [4.69, 9.17) is 11.6 Å². The van der Waals surface area contributed by atoms with Crippen LogP contribution in [0.4, 0.5) is 10.5 Å². The van der Waals surface area contributed by atoms with Gasteiger partial charge in [0.25, 0.3) is 0 Å². The molecule has 3 saturated heterocycles. The van der Waals surface area contributed by atoms with E-state index in [0.29, 0.717) is 37.1 Å². The fraction of sp³-hybridized carbons (Fsp3) is 0.559. The summed E-state index contributed by atoms with van der Waals surface area (Å²) < 4.78 is 0.806. The summed E-state index contributed by atoms with van der Waals surface area (Å²) in [6.45, 7) is 9.34. The van der Waals surface area contributed by atoms with Crippen LogP contribution in [0.3, 0.4) is 0 Å². The summed E-state index contributed by atoms with van der Waals surface area (Å²) in [6.07, 6.45) is 4.06. The summed E-state index contributed by atoms with van der Waals surface area (Å²) >= 11 is 9.98. The van der Waals surface area contributed by atoms with E-state index in [9.17, 15) is 14.4 Å². The molecule has 0 aromatic heterocycles. The molecule has 0 radical (unpaired) electrons. The molecule has 4 aliphatic rings. The number of carbonyl (C=O) groups excluding carboxylic acids is 3. The smallest absolute Gasteiger partial charge is 0.322 e. The molecule has 4 aliphatic heterocycles. The van der Waals surface area contributed by atoms with Crippen LogP contribution in [-0.2, 0) is 22.6 Å². The third-order valence-electron chi connectivity index (χ3n) is 10.1. The molecule has 0 saturated carbocycles. The summed E-state index contributed by atoms with van der Waals surface area (Å²) in [6, 6.07) is 12.4. The fourth-order valence-corrected chi connectivity index (χ4v) is 8.20. The van der Waals surface area contributed by atoms with Crippen molar-refractivity contribution < 1.29 is 14.4 Å². The zero-order valence-electron chi connectivity index (χ0n) is 26.1. The Morgan fingerprint density at radius 1 is 0.956 bits per heavy atom. The van der Waals surface area contributed by atoms with Crippen LogP contribution in [0.5, 0.6) is 0 Å². The van der Waals surface area contributed by atoms with Gasteiger partial charge in [-0.15, -0.1) is 0 Å². The van der Waals surface area contributed by atoms with E-state index in [1.165, 1.54) is 0 Å². The van der Waals surface area contributed by atoms with Crippen molar-refractivity contribution in [3.8, 4) is 0 Å². The Morgan fingerprint density at radius 3 is 2.33 bits per heavy atom. The molecule has 242 valence electrons. The number of rotatable bonds is 7. The molecule has 1 unspecified atom stereocenters. The number of piperazine rings is 1. The van der Waals surface area contributed by atoms with Crippen LogP contribution in [0, 0.1) is 12.8 Å². The van der Waals surface area contributed by atoms with Gasteiger partial charge < -0.3 is 25.3 Å². The van der Waals surface area contributed by atoms with Gasteiger partial charge in [0.2, 0.25) is 11.8 Å². The second-order valence-corrected chi connectivity index (χ2v) is 14.2. The van der Waals surface area contributed by atoms with Crippen molar-refractivity contribution in [3.63, 3.8) is 0 Å². The Morgan fingerprint density at radius 2 is 1.62 bits per heavy atom. The Kier molecular flexibility index (Phi) is 10.3. The molecule has 45 heavy (non-hydrogen) atoms. The molecular formula is C34H44BrClN6O3. The van der Waals surface area contributed by atoms with Crippen molar-refractivity contribution in [3.05, 3.63) is 62.6 Å². The normalized spacial score (nSPS) is 21.0. The minimum absolute atomic E-state index is 0.0145. The van der Waals surface area contributed by atoms with Crippen LogP contribution in [0.1, 0.15) is 48.8 Å². The Hall–Kier alpha value is -2.66. The van der Waals surface area contributed by atoms with E-state index in [0.717, 1.165) is 91.8 Å². The number of nitrogens with one attached hydrogen (secondary N) is 2. The highest BCUT2D eigenvalue weighted by Gasteiger charge is 2.36. The molecule has 0 bridgehead atoms. The van der Waals surface area contributed by atoms with E-state index >= 15 is 0 Å². The molecule has 0 aliphatic carbocycles. The average Bonchev–Trinajstić information content (AvgIpc) is 3.06. The molecule has 4 heterocycles. The largest absolute Gasteiger partial charge is 0.343 e. The quantitative estimate of drug-likeness (QED) is 0.430. The molecule has 11 heteroatoms. The number of para-hydroxylation sites is 1. The number of nitrogens with zero attached hydrogens (tertiary/aromatic N) is 4. The maximum Gasteiger partial charge on any atom is 0.322 e. The lowest BCUT2D eigenvalue weighted by atomic mass is 9.91. The predicted molar refractivity (Wildman–Crippen MR) is 180 cm³/mol. The van der Waals surface area contributed by atoms with Gasteiger partial charge in [-0.2, -0.15) is 0 Å². The predicted octanol–water partition coefficient (Wildman–Crippen LogP) is 4.89. The van der Waals surface area contributed by atoms with Gasteiger partial charge in [-0.05, 0) is 83.8 Å². The minimum Gasteiger partial charge on any atom is -0.343 e. The van der Waals surface area contributed by atoms with E-state index in [-0.39, 0.29) is 30.3 Å². The third kappa shape index (κ3) is 7.50. The van der Waals surface area contributed by atoms with Gasteiger partial charge in [0.1, 0.15) is 0 Å². The van der Waals surface area contributed by atoms with Crippen LogP contribution >= 0.6 is 27.5 Å². The lowest BCUT2D eigenvalue weighted by molar-refractivity contribution is -0.143. The third-order valence-corrected chi connectivity index (χ3v) is 11.4. The highest BCUT2D eigenvalue weighted by atomic mass is 79.9. The minimum atomic E-state index is -0.442. The number of fused-ring (bicyclic) bond motifs is 1. The monoisotopic (exact) mass is 698 g/mol. The molecule has 6 rings (SSSR count). The number of hydrogen-bond donors (Lipinski definition) is 2. The van der Waals surface area contributed by atoms with Gasteiger partial charge in [-0.25, -0.2) is 4.79 Å². The zero-order chi connectivity index (χ0) is 31.5. The second-order valence-electron chi connectivity index (χ2n) is 13.0. The summed E-state index contributed by atoms with van der Waals surface area (Å²) in [7, 11) is 0. The number of carbonyl (C=O) groups is 3. The van der Waals surface area contributed by atoms with Crippen LogP contribution in [0.25, 0.3) is 0 Å². The van der Waals surface area contributed by atoms with Gasteiger partial charge in [0, 0.05) is 87.6 Å². The summed E-state index contributed by atoms with van der Waals surface area (Å²) in [5.41, 5.74) is 3.93. The maximum atomic E-state index is 14.1. The number of amides is 4. The number of urea groups is 1. The molecule has 2 N–H and O–H groups in total. The lowest BCUT2D eigenvalue weighted by Crippen LogP contribution is -2.53. The number of halogens is 2. The molecule has 0 spiro atoms. The van der Waals surface area contributed by atoms with Crippen LogP contribution in [-0.4, -0.2) is 102 Å². The number of piperidine rings is 2. The van der Waals surface area contributed by atoms with Crippen molar-refractivity contribution in [2.45, 2.75) is 64.1 Å². The van der Waals surface area contributed by atoms with Gasteiger partial charge in [0.05, 0.1) is 10.9 Å². The topological polar surface area (TPSA) is 88.2 Å². The van der Waals surface area contributed by atoms with E-state index < -0.39 is 5.92 Å². The molecule has 3 fully saturated rings. The standard InChI is InChI=1S/C34H44BrClN6O3/c1-23-18-24(20-29(35)32(23)36)19-26(33(44)41-14-6-27(7-15-41)39-16-10-37-11-17-39)21-31(43)40-12-8-28(9-13-40)42-22-25-4-2-3-5-30(25)38-34(42)45/h2-5,18,20,26-28,37H,6-17,19,21-22H2,1H3,(H,38,45). The Balaban J connectivity index is 1.09. The van der Waals surface area contributed by atoms with Crippen molar-refractivity contribution in [2.75, 3.05) is 57.7 Å². The number of aryl methyl sites for hydroxylation is 1. The van der Waals surface area contributed by atoms with Gasteiger partial charge >= 0.3 is 6.03 Å². The van der Waals surface area contributed by atoms with Crippen LogP contribution in [0.2, 0.25) is 5.02 Å². The zero-order valence-corrected chi connectivity index (χ0v) is 28.4. The molecule has 9 nitrogen and oxygen atoms in total. The van der Waals surface area contributed by atoms with Gasteiger partial charge in [-0.3, -0.25) is 14.5 Å². The highest BCUT2D eigenvalue weighted by molar-refractivity contribution is 9.10. The van der Waals surface area contributed by atoms with E-state index in [2.05, 4.69) is 31.5 Å². The summed E-state index contributed by atoms with van der Waals surface area (Å²) in [5, 5.41) is 7.11. The molecule has 2 aromatic rings. The van der Waals surface area contributed by atoms with Gasteiger partial charge in [-0.1, -0.05) is 35.9 Å². The van der Waals surface area contributed by atoms with E-state index in [1.807, 2.05) is 58.0 Å². The molecule has 2 aromatic carbocycles. The summed E-state index contributed by atoms with van der Waals surface area (Å²) in [4.78, 5) is 49.1. The maximum absolute atomic E-state index is 14.1. The van der Waals surface area contributed by atoms with E-state index in [1.54, 1.807) is 0 Å². The highest BCUT2D eigenvalue weighted by Crippen LogP contribution is 2.31. The first-order valence-corrected chi connectivity index (χ1v) is 17.6. The second kappa shape index (κ2) is 14.4. The number of anilines is 1. The lowest BCUT2D eigenvalue weighted by Gasteiger charge is -2.42. The SMILES string of the molecule is Cc1cc(CC(CC(=O)N2CCC(N3Cc4ccccc4NC3=O)CC2)C(=O)N2CCC(N3CCNCC3)CC2)cc(Br)c1Cl. The van der Waals surface area contributed by atoms with Gasteiger partial charge in [0.15, 0.2) is 0 Å². The first-order valence-electron chi connectivity index (χ1n) is 16.4. The molecule has 4 amide bonds. The molecular weight excluding hydrogens is 656 g/mol. The van der Waals surface area contributed by atoms with Crippen LogP contribution < -0.4 is 10.6 Å². The van der Waals surface area contributed by atoms with Crippen LogP contribution in [0.15, 0.2) is 40.9 Å². The molecule has 1 atom stereocenters.